The first-order valence-corrected chi connectivity index (χ1v) is 5.52. The summed E-state index contributed by atoms with van der Waals surface area (Å²) in [6, 6.07) is 4.18. The second-order valence-corrected chi connectivity index (χ2v) is 4.61. The van der Waals surface area contributed by atoms with E-state index < -0.39 is 0 Å². The normalized spacial score (nSPS) is 15.0. The van der Waals surface area contributed by atoms with Crippen LogP contribution in [0.1, 0.15) is 31.7 Å². The largest absolute Gasteiger partial charge is 0.396 e. The van der Waals surface area contributed by atoms with Crippen molar-refractivity contribution in [2.45, 2.75) is 34.1 Å². The number of hydrogen-bond donors (Lipinski definition) is 2. The Kier molecular flexibility index (Phi) is 3.80. The molecule has 1 rings (SSSR count). The molecule has 3 heteroatoms. The van der Waals surface area contributed by atoms with Gasteiger partial charge >= 0.3 is 0 Å². The maximum atomic E-state index is 9.30. The van der Waals surface area contributed by atoms with E-state index in [1.54, 1.807) is 0 Å². The molecular weight excluding hydrogens is 188 g/mol. The van der Waals surface area contributed by atoms with Crippen molar-refractivity contribution in [2.24, 2.45) is 5.41 Å². The zero-order valence-electron chi connectivity index (χ0n) is 10.2. The standard InChI is InChI=1S/C12H22N2O/c1-5-12(4,9-15)8-13-14-10(2)6-7-11(14)3/h6-7,13,15H,5,8-9H2,1-4H3. The minimum atomic E-state index is -0.0385. The van der Waals surface area contributed by atoms with Gasteiger partial charge in [0.2, 0.25) is 0 Å². The number of aliphatic hydroxyl groups excluding tert-OH is 1. The first-order valence-electron chi connectivity index (χ1n) is 5.52. The van der Waals surface area contributed by atoms with Crippen molar-refractivity contribution in [1.82, 2.24) is 4.68 Å². The Balaban J connectivity index is 2.64. The van der Waals surface area contributed by atoms with Crippen LogP contribution in [0.4, 0.5) is 0 Å². The number of nitrogens with zero attached hydrogens (tertiary/aromatic N) is 1. The molecule has 0 aliphatic heterocycles. The maximum absolute atomic E-state index is 9.30. The van der Waals surface area contributed by atoms with Crippen LogP contribution in [0.3, 0.4) is 0 Å². The second-order valence-electron chi connectivity index (χ2n) is 4.61. The summed E-state index contributed by atoms with van der Waals surface area (Å²) in [5, 5.41) is 9.30. The molecule has 0 spiro atoms. The summed E-state index contributed by atoms with van der Waals surface area (Å²) in [6.07, 6.45) is 0.968. The number of aliphatic hydroxyl groups is 1. The van der Waals surface area contributed by atoms with Gasteiger partial charge in [0, 0.05) is 23.3 Å². The summed E-state index contributed by atoms with van der Waals surface area (Å²) >= 11 is 0. The van der Waals surface area contributed by atoms with Crippen LogP contribution in [0.5, 0.6) is 0 Å². The summed E-state index contributed by atoms with van der Waals surface area (Å²) in [7, 11) is 0. The third kappa shape index (κ3) is 2.75. The van der Waals surface area contributed by atoms with Gasteiger partial charge in [-0.2, -0.15) is 0 Å². The quantitative estimate of drug-likeness (QED) is 0.780. The predicted molar refractivity (Wildman–Crippen MR) is 63.6 cm³/mol. The smallest absolute Gasteiger partial charge is 0.0502 e. The molecule has 0 aliphatic rings. The molecule has 0 radical (unpaired) electrons. The highest BCUT2D eigenvalue weighted by Crippen LogP contribution is 2.19. The van der Waals surface area contributed by atoms with E-state index in [4.69, 9.17) is 0 Å². The van der Waals surface area contributed by atoms with Crippen LogP contribution in [0.2, 0.25) is 0 Å². The van der Waals surface area contributed by atoms with Gasteiger partial charge in [0.05, 0.1) is 6.61 Å². The van der Waals surface area contributed by atoms with Gasteiger partial charge in [-0.15, -0.1) is 0 Å². The molecule has 15 heavy (non-hydrogen) atoms. The number of nitrogens with one attached hydrogen (secondary N) is 1. The molecule has 1 unspecified atom stereocenters. The van der Waals surface area contributed by atoms with Crippen molar-refractivity contribution in [2.75, 3.05) is 18.6 Å². The van der Waals surface area contributed by atoms with Crippen LogP contribution in [0, 0.1) is 19.3 Å². The van der Waals surface area contributed by atoms with E-state index in [1.165, 1.54) is 11.4 Å². The number of aryl methyl sites for hydroxylation is 2. The van der Waals surface area contributed by atoms with Gasteiger partial charge in [0.1, 0.15) is 0 Å². The fourth-order valence-electron chi connectivity index (χ4n) is 1.48. The first-order chi connectivity index (χ1) is 7.02. The lowest BCUT2D eigenvalue weighted by atomic mass is 9.89. The predicted octanol–water partition coefficient (Wildman–Crippen LogP) is 2.06. The minimum Gasteiger partial charge on any atom is -0.396 e. The molecule has 1 atom stereocenters. The summed E-state index contributed by atoms with van der Waals surface area (Å²) in [5.41, 5.74) is 5.72. The summed E-state index contributed by atoms with van der Waals surface area (Å²) in [6.45, 7) is 9.35. The molecule has 0 saturated carbocycles. The molecule has 86 valence electrons. The van der Waals surface area contributed by atoms with Crippen LogP contribution < -0.4 is 5.43 Å². The first kappa shape index (κ1) is 12.1. The van der Waals surface area contributed by atoms with Crippen molar-refractivity contribution in [3.63, 3.8) is 0 Å². The van der Waals surface area contributed by atoms with Gasteiger partial charge in [-0.1, -0.05) is 13.8 Å². The molecule has 3 nitrogen and oxygen atoms in total. The molecule has 0 aliphatic carbocycles. The molecule has 2 N–H and O–H groups in total. The lowest BCUT2D eigenvalue weighted by molar-refractivity contribution is 0.146. The molecule has 0 bridgehead atoms. The average molecular weight is 210 g/mol. The van der Waals surface area contributed by atoms with Crippen LogP contribution in [0.25, 0.3) is 0 Å². The molecule has 1 heterocycles. The molecule has 0 amide bonds. The Morgan fingerprint density at radius 1 is 1.33 bits per heavy atom. The zero-order valence-corrected chi connectivity index (χ0v) is 10.2. The van der Waals surface area contributed by atoms with Crippen LogP contribution >= 0.6 is 0 Å². The fourth-order valence-corrected chi connectivity index (χ4v) is 1.48. The fraction of sp³-hybridized carbons (Fsp3) is 0.667. The molecule has 0 aromatic carbocycles. The van der Waals surface area contributed by atoms with Crippen molar-refractivity contribution >= 4 is 0 Å². The highest BCUT2D eigenvalue weighted by Gasteiger charge is 2.20. The van der Waals surface area contributed by atoms with E-state index in [9.17, 15) is 5.11 Å². The van der Waals surface area contributed by atoms with E-state index >= 15 is 0 Å². The van der Waals surface area contributed by atoms with E-state index in [2.05, 4.69) is 49.9 Å². The highest BCUT2D eigenvalue weighted by molar-refractivity contribution is 5.15. The third-order valence-corrected chi connectivity index (χ3v) is 3.17. The molecule has 1 aromatic heterocycles. The van der Waals surface area contributed by atoms with E-state index in [1.807, 2.05) is 0 Å². The summed E-state index contributed by atoms with van der Waals surface area (Å²) < 4.78 is 2.07. The Labute approximate surface area is 92.1 Å². The molecule has 0 saturated heterocycles. The Morgan fingerprint density at radius 2 is 1.87 bits per heavy atom. The minimum absolute atomic E-state index is 0.0385. The van der Waals surface area contributed by atoms with Gasteiger partial charge in [-0.3, -0.25) is 4.68 Å². The second kappa shape index (κ2) is 4.71. The van der Waals surface area contributed by atoms with Gasteiger partial charge in [0.25, 0.3) is 0 Å². The Morgan fingerprint density at radius 3 is 2.27 bits per heavy atom. The van der Waals surface area contributed by atoms with Crippen molar-refractivity contribution in [3.8, 4) is 0 Å². The van der Waals surface area contributed by atoms with E-state index in [-0.39, 0.29) is 12.0 Å². The van der Waals surface area contributed by atoms with Crippen molar-refractivity contribution < 1.29 is 5.11 Å². The Bertz CT molecular complexity index is 294. The number of hydrogen-bond acceptors (Lipinski definition) is 2. The monoisotopic (exact) mass is 210 g/mol. The van der Waals surface area contributed by atoms with E-state index in [0.29, 0.717) is 0 Å². The summed E-state index contributed by atoms with van der Waals surface area (Å²) in [5.74, 6) is 0. The maximum Gasteiger partial charge on any atom is 0.0502 e. The lowest BCUT2D eigenvalue weighted by Crippen LogP contribution is -2.34. The third-order valence-electron chi connectivity index (χ3n) is 3.17. The van der Waals surface area contributed by atoms with Crippen LogP contribution in [-0.4, -0.2) is 22.9 Å². The van der Waals surface area contributed by atoms with Gasteiger partial charge in [-0.05, 0) is 32.4 Å². The molecule has 0 fully saturated rings. The van der Waals surface area contributed by atoms with Gasteiger partial charge in [-0.25, -0.2) is 0 Å². The van der Waals surface area contributed by atoms with Crippen LogP contribution in [-0.2, 0) is 0 Å². The molecular formula is C12H22N2O. The van der Waals surface area contributed by atoms with Crippen molar-refractivity contribution in [3.05, 3.63) is 23.5 Å². The topological polar surface area (TPSA) is 37.2 Å². The number of rotatable bonds is 5. The SMILES string of the molecule is CCC(C)(CO)CNn1c(C)ccc1C. The van der Waals surface area contributed by atoms with E-state index in [0.717, 1.165) is 13.0 Å². The summed E-state index contributed by atoms with van der Waals surface area (Å²) in [4.78, 5) is 0. The highest BCUT2D eigenvalue weighted by atomic mass is 16.3. The Hall–Kier alpha value is -0.960. The number of aromatic nitrogens is 1. The van der Waals surface area contributed by atoms with Crippen molar-refractivity contribution in [1.29, 1.82) is 0 Å². The average Bonchev–Trinajstić information content (AvgIpc) is 2.56. The molecule has 1 aromatic rings. The van der Waals surface area contributed by atoms with Gasteiger partial charge in [0.15, 0.2) is 0 Å². The van der Waals surface area contributed by atoms with Crippen LogP contribution in [0.15, 0.2) is 12.1 Å². The lowest BCUT2D eigenvalue weighted by Gasteiger charge is -2.27. The zero-order chi connectivity index (χ0) is 11.5. The van der Waals surface area contributed by atoms with Gasteiger partial charge < -0.3 is 10.5 Å².